The van der Waals surface area contributed by atoms with E-state index in [1.54, 1.807) is 0 Å². The minimum absolute atomic E-state index is 0.285. The van der Waals surface area contributed by atoms with Gasteiger partial charge in [-0.25, -0.2) is 9.97 Å². The van der Waals surface area contributed by atoms with Crippen LogP contribution in [0.15, 0.2) is 42.9 Å². The molecule has 0 spiro atoms. The average Bonchev–Trinajstić information content (AvgIpc) is 3.05. The van der Waals surface area contributed by atoms with Gasteiger partial charge in [0.25, 0.3) is 5.91 Å². The molecule has 0 fully saturated rings. The second-order valence-electron chi connectivity index (χ2n) is 4.67. The molecule has 1 aliphatic carbocycles. The molecule has 0 saturated carbocycles. The predicted octanol–water partition coefficient (Wildman–Crippen LogP) is 2.76. The van der Waals surface area contributed by atoms with Crippen molar-refractivity contribution in [1.82, 2.24) is 15.0 Å². The number of amides is 1. The molecular weight excluding hydrogens is 284 g/mol. The first kappa shape index (κ1) is 12.2. The number of carbonyl (C=O) groups is 1. The monoisotopic (exact) mass is 294 g/mol. The van der Waals surface area contributed by atoms with Crippen LogP contribution in [0.4, 0.5) is 5.13 Å². The molecule has 4 rings (SSSR count). The number of nitrogens with zero attached hydrogens (tertiary/aromatic N) is 3. The standard InChI is InChI=1S/C15H10N4OS/c20-14(11-8-16-5-6-17-11)19-15-18-13-10-4-2-1-3-9(10)7-12(13)21-15/h1-6,8H,7H2,(H,18,19,20). The van der Waals surface area contributed by atoms with Gasteiger partial charge in [0, 0.05) is 29.3 Å². The summed E-state index contributed by atoms with van der Waals surface area (Å²) in [5, 5.41) is 3.39. The third-order valence-electron chi connectivity index (χ3n) is 3.34. The Hall–Kier alpha value is -2.60. The molecule has 0 aliphatic heterocycles. The van der Waals surface area contributed by atoms with Crippen molar-refractivity contribution in [1.29, 1.82) is 0 Å². The van der Waals surface area contributed by atoms with Gasteiger partial charge in [-0.3, -0.25) is 15.1 Å². The molecule has 5 nitrogen and oxygen atoms in total. The number of thiazole rings is 1. The minimum atomic E-state index is -0.288. The summed E-state index contributed by atoms with van der Waals surface area (Å²) in [6, 6.07) is 8.22. The number of rotatable bonds is 2. The molecular formula is C15H10N4OS. The van der Waals surface area contributed by atoms with E-state index < -0.39 is 0 Å². The van der Waals surface area contributed by atoms with Gasteiger partial charge in [-0.2, -0.15) is 0 Å². The van der Waals surface area contributed by atoms with Crippen LogP contribution in [0.1, 0.15) is 20.9 Å². The summed E-state index contributed by atoms with van der Waals surface area (Å²) in [5.41, 5.74) is 3.71. The van der Waals surface area contributed by atoms with Crippen LogP contribution in [0.5, 0.6) is 0 Å². The maximum absolute atomic E-state index is 12.0. The van der Waals surface area contributed by atoms with Gasteiger partial charge in [0.1, 0.15) is 5.69 Å². The van der Waals surface area contributed by atoms with Crippen molar-refractivity contribution in [3.05, 3.63) is 59.0 Å². The Morgan fingerprint density at radius 3 is 3.00 bits per heavy atom. The molecule has 0 unspecified atom stereocenters. The van der Waals surface area contributed by atoms with E-state index in [1.165, 1.54) is 40.4 Å². The predicted molar refractivity (Wildman–Crippen MR) is 80.3 cm³/mol. The molecule has 0 saturated heterocycles. The number of hydrogen-bond acceptors (Lipinski definition) is 5. The number of hydrogen-bond donors (Lipinski definition) is 1. The maximum Gasteiger partial charge on any atom is 0.277 e. The molecule has 0 atom stereocenters. The molecule has 21 heavy (non-hydrogen) atoms. The minimum Gasteiger partial charge on any atom is -0.296 e. The molecule has 1 aromatic carbocycles. The molecule has 1 amide bonds. The van der Waals surface area contributed by atoms with Gasteiger partial charge in [0.05, 0.1) is 11.9 Å². The first-order valence-electron chi connectivity index (χ1n) is 6.46. The van der Waals surface area contributed by atoms with Gasteiger partial charge in [-0.05, 0) is 5.56 Å². The zero-order chi connectivity index (χ0) is 14.2. The summed E-state index contributed by atoms with van der Waals surface area (Å²) in [7, 11) is 0. The van der Waals surface area contributed by atoms with Crippen molar-refractivity contribution < 1.29 is 4.79 Å². The molecule has 102 valence electrons. The van der Waals surface area contributed by atoms with Crippen LogP contribution < -0.4 is 5.32 Å². The van der Waals surface area contributed by atoms with Crippen LogP contribution in [0.3, 0.4) is 0 Å². The Balaban J connectivity index is 1.61. The smallest absolute Gasteiger partial charge is 0.277 e. The number of anilines is 1. The van der Waals surface area contributed by atoms with Crippen LogP contribution in [0.25, 0.3) is 11.3 Å². The normalized spacial score (nSPS) is 11.8. The van der Waals surface area contributed by atoms with Gasteiger partial charge in [0.2, 0.25) is 0 Å². The zero-order valence-electron chi connectivity index (χ0n) is 10.9. The molecule has 2 aromatic heterocycles. The Bertz CT molecular complexity index is 829. The first-order valence-corrected chi connectivity index (χ1v) is 7.28. The van der Waals surface area contributed by atoms with Crippen LogP contribution in [0, 0.1) is 0 Å². The van der Waals surface area contributed by atoms with Gasteiger partial charge >= 0.3 is 0 Å². The summed E-state index contributed by atoms with van der Waals surface area (Å²) in [6.45, 7) is 0. The highest BCUT2D eigenvalue weighted by Gasteiger charge is 2.23. The van der Waals surface area contributed by atoms with E-state index in [9.17, 15) is 4.79 Å². The van der Waals surface area contributed by atoms with E-state index in [4.69, 9.17) is 0 Å². The zero-order valence-corrected chi connectivity index (χ0v) is 11.7. The first-order chi connectivity index (χ1) is 10.3. The van der Waals surface area contributed by atoms with E-state index >= 15 is 0 Å². The largest absolute Gasteiger partial charge is 0.296 e. The van der Waals surface area contributed by atoms with Gasteiger partial charge in [0.15, 0.2) is 5.13 Å². The van der Waals surface area contributed by atoms with Crippen molar-refractivity contribution in [2.75, 3.05) is 5.32 Å². The lowest BCUT2D eigenvalue weighted by molar-refractivity contribution is 0.102. The lowest BCUT2D eigenvalue weighted by Crippen LogP contribution is -2.13. The topological polar surface area (TPSA) is 67.8 Å². The molecule has 1 aliphatic rings. The van der Waals surface area contributed by atoms with E-state index in [0.29, 0.717) is 5.13 Å². The Morgan fingerprint density at radius 2 is 2.14 bits per heavy atom. The molecule has 0 radical (unpaired) electrons. The highest BCUT2D eigenvalue weighted by molar-refractivity contribution is 7.16. The molecule has 2 heterocycles. The van der Waals surface area contributed by atoms with Gasteiger partial charge < -0.3 is 0 Å². The van der Waals surface area contributed by atoms with Crippen LogP contribution in [-0.4, -0.2) is 20.9 Å². The molecule has 6 heteroatoms. The van der Waals surface area contributed by atoms with Crippen LogP contribution in [0.2, 0.25) is 0 Å². The number of nitrogens with one attached hydrogen (secondary N) is 1. The molecule has 3 aromatic rings. The Morgan fingerprint density at radius 1 is 1.24 bits per heavy atom. The number of carbonyl (C=O) groups excluding carboxylic acids is 1. The summed E-state index contributed by atoms with van der Waals surface area (Å²) < 4.78 is 0. The maximum atomic E-state index is 12.0. The Kier molecular flexibility index (Phi) is 2.75. The summed E-state index contributed by atoms with van der Waals surface area (Å²) in [5.74, 6) is -0.288. The molecule has 0 bridgehead atoms. The third-order valence-corrected chi connectivity index (χ3v) is 4.31. The average molecular weight is 294 g/mol. The fourth-order valence-corrected chi connectivity index (χ4v) is 3.39. The van der Waals surface area contributed by atoms with Crippen molar-refractivity contribution in [2.45, 2.75) is 6.42 Å². The molecule has 1 N–H and O–H groups in total. The second-order valence-corrected chi connectivity index (χ2v) is 5.75. The number of aromatic nitrogens is 3. The van der Waals surface area contributed by atoms with Crippen LogP contribution in [-0.2, 0) is 6.42 Å². The van der Waals surface area contributed by atoms with E-state index in [0.717, 1.165) is 17.7 Å². The SMILES string of the molecule is O=C(Nc1nc2c(s1)Cc1ccccc1-2)c1cnccn1. The second kappa shape index (κ2) is 4.75. The van der Waals surface area contributed by atoms with Crippen molar-refractivity contribution in [3.8, 4) is 11.3 Å². The fraction of sp³-hybridized carbons (Fsp3) is 0.0667. The number of benzene rings is 1. The lowest BCUT2D eigenvalue weighted by atomic mass is 10.1. The van der Waals surface area contributed by atoms with E-state index in [-0.39, 0.29) is 11.6 Å². The van der Waals surface area contributed by atoms with Crippen molar-refractivity contribution in [2.24, 2.45) is 0 Å². The van der Waals surface area contributed by atoms with Crippen LogP contribution >= 0.6 is 11.3 Å². The van der Waals surface area contributed by atoms with Crippen molar-refractivity contribution in [3.63, 3.8) is 0 Å². The van der Waals surface area contributed by atoms with E-state index in [2.05, 4.69) is 32.4 Å². The summed E-state index contributed by atoms with van der Waals surface area (Å²) in [6.07, 6.45) is 5.34. The third kappa shape index (κ3) is 2.09. The van der Waals surface area contributed by atoms with Crippen molar-refractivity contribution >= 4 is 22.4 Å². The quantitative estimate of drug-likeness (QED) is 0.617. The van der Waals surface area contributed by atoms with E-state index in [1.807, 2.05) is 12.1 Å². The van der Waals surface area contributed by atoms with Gasteiger partial charge in [-0.1, -0.05) is 24.3 Å². The van der Waals surface area contributed by atoms with Gasteiger partial charge in [-0.15, -0.1) is 11.3 Å². The Labute approximate surface area is 124 Å². The highest BCUT2D eigenvalue weighted by atomic mass is 32.1. The lowest BCUT2D eigenvalue weighted by Gasteiger charge is -2.01. The number of fused-ring (bicyclic) bond motifs is 3. The summed E-state index contributed by atoms with van der Waals surface area (Å²) in [4.78, 5) is 25.6. The summed E-state index contributed by atoms with van der Waals surface area (Å²) >= 11 is 1.51. The fourth-order valence-electron chi connectivity index (χ4n) is 2.39. The highest BCUT2D eigenvalue weighted by Crippen LogP contribution is 2.40.